The van der Waals surface area contributed by atoms with Crippen LogP contribution >= 0.6 is 11.6 Å². The topological polar surface area (TPSA) is 38.2 Å². The zero-order valence-electron chi connectivity index (χ0n) is 8.85. The number of aromatic nitrogens is 2. The maximum absolute atomic E-state index is 5.83. The van der Waals surface area contributed by atoms with Crippen molar-refractivity contribution in [2.45, 2.75) is 26.1 Å². The van der Waals surface area contributed by atoms with Gasteiger partial charge in [-0.25, -0.2) is 9.97 Å². The lowest BCUT2D eigenvalue weighted by atomic mass is 10.2. The lowest BCUT2D eigenvalue weighted by Crippen LogP contribution is -2.46. The Kier molecular flexibility index (Phi) is 3.07. The van der Waals surface area contributed by atoms with Gasteiger partial charge in [-0.1, -0.05) is 11.6 Å². The molecule has 2 atom stereocenters. The molecule has 2 unspecified atom stereocenters. The summed E-state index contributed by atoms with van der Waals surface area (Å²) in [5.41, 5.74) is 0. The monoisotopic (exact) mass is 227 g/mol. The maximum Gasteiger partial charge on any atom is 0.226 e. The van der Waals surface area contributed by atoms with Crippen molar-refractivity contribution in [3.63, 3.8) is 0 Å². The summed E-state index contributed by atoms with van der Waals surface area (Å²) in [5, 5.41) is 0.479. The van der Waals surface area contributed by atoms with Crippen LogP contribution in [0.3, 0.4) is 0 Å². The molecule has 2 heterocycles. The van der Waals surface area contributed by atoms with E-state index >= 15 is 0 Å². The first-order valence-corrected chi connectivity index (χ1v) is 5.42. The number of rotatable bonds is 1. The summed E-state index contributed by atoms with van der Waals surface area (Å²) in [5.74, 6) is 0.685. The van der Waals surface area contributed by atoms with Crippen LogP contribution in [0.4, 0.5) is 5.95 Å². The van der Waals surface area contributed by atoms with Crippen molar-refractivity contribution < 1.29 is 4.74 Å². The predicted molar refractivity (Wildman–Crippen MR) is 59.3 cm³/mol. The largest absolute Gasteiger partial charge is 0.372 e. The summed E-state index contributed by atoms with van der Waals surface area (Å²) >= 11 is 5.83. The van der Waals surface area contributed by atoms with E-state index in [-0.39, 0.29) is 12.2 Å². The molecular weight excluding hydrogens is 214 g/mol. The van der Waals surface area contributed by atoms with Crippen LogP contribution in [0.2, 0.25) is 5.15 Å². The van der Waals surface area contributed by atoms with Gasteiger partial charge in [-0.15, -0.1) is 0 Å². The second kappa shape index (κ2) is 4.33. The van der Waals surface area contributed by atoms with Gasteiger partial charge in [-0.2, -0.15) is 0 Å². The molecule has 0 spiro atoms. The first kappa shape index (κ1) is 10.6. The molecule has 15 heavy (non-hydrogen) atoms. The Bertz CT molecular complexity index is 337. The minimum atomic E-state index is 0.205. The van der Waals surface area contributed by atoms with Gasteiger partial charge in [0.1, 0.15) is 5.15 Å². The lowest BCUT2D eigenvalue weighted by Gasteiger charge is -2.35. The molecule has 2 rings (SSSR count). The molecule has 0 radical (unpaired) electrons. The van der Waals surface area contributed by atoms with E-state index in [1.807, 2.05) is 13.8 Å². The molecule has 82 valence electrons. The molecule has 1 aromatic heterocycles. The van der Waals surface area contributed by atoms with E-state index in [4.69, 9.17) is 16.3 Å². The van der Waals surface area contributed by atoms with Crippen molar-refractivity contribution in [2.24, 2.45) is 0 Å². The second-order valence-electron chi connectivity index (χ2n) is 3.84. The molecule has 1 fully saturated rings. The highest BCUT2D eigenvalue weighted by atomic mass is 35.5. The van der Waals surface area contributed by atoms with Crippen molar-refractivity contribution in [3.8, 4) is 0 Å². The summed E-state index contributed by atoms with van der Waals surface area (Å²) in [7, 11) is 0. The maximum atomic E-state index is 5.83. The van der Waals surface area contributed by atoms with Gasteiger partial charge in [0, 0.05) is 19.3 Å². The van der Waals surface area contributed by atoms with Crippen molar-refractivity contribution in [2.75, 3.05) is 18.0 Å². The Labute approximate surface area is 94.2 Å². The highest BCUT2D eigenvalue weighted by Crippen LogP contribution is 2.17. The molecule has 0 N–H and O–H groups in total. The van der Waals surface area contributed by atoms with Gasteiger partial charge >= 0.3 is 0 Å². The second-order valence-corrected chi connectivity index (χ2v) is 4.23. The Hall–Kier alpha value is -0.870. The first-order chi connectivity index (χ1) is 7.15. The number of anilines is 1. The minimum absolute atomic E-state index is 0.205. The Morgan fingerprint density at radius 2 is 2.07 bits per heavy atom. The molecule has 0 amide bonds. The standard InChI is InChI=1S/C10H14ClN3O/c1-7-5-14(6-8(2)15-7)10-12-4-3-9(11)13-10/h3-4,7-8H,5-6H2,1-2H3. The fraction of sp³-hybridized carbons (Fsp3) is 0.600. The average molecular weight is 228 g/mol. The SMILES string of the molecule is CC1CN(c2nccc(Cl)n2)CC(C)O1. The van der Waals surface area contributed by atoms with Crippen molar-refractivity contribution in [3.05, 3.63) is 17.4 Å². The third kappa shape index (κ3) is 2.58. The van der Waals surface area contributed by atoms with Gasteiger partial charge in [0.05, 0.1) is 12.2 Å². The van der Waals surface area contributed by atoms with Gasteiger partial charge in [0.2, 0.25) is 5.95 Å². The van der Waals surface area contributed by atoms with E-state index in [1.54, 1.807) is 12.3 Å². The molecule has 0 aliphatic carbocycles. The van der Waals surface area contributed by atoms with Crippen LogP contribution in [0.5, 0.6) is 0 Å². The fourth-order valence-electron chi connectivity index (χ4n) is 1.82. The molecule has 4 nitrogen and oxygen atoms in total. The molecule has 1 aromatic rings. The summed E-state index contributed by atoms with van der Waals surface area (Å²) < 4.78 is 5.64. The molecule has 1 aliphatic heterocycles. The van der Waals surface area contributed by atoms with Crippen molar-refractivity contribution in [1.82, 2.24) is 9.97 Å². The Morgan fingerprint density at radius 3 is 2.67 bits per heavy atom. The summed E-state index contributed by atoms with van der Waals surface area (Å²) in [6, 6.07) is 1.68. The van der Waals surface area contributed by atoms with Gasteiger partial charge < -0.3 is 9.64 Å². The van der Waals surface area contributed by atoms with E-state index in [9.17, 15) is 0 Å². The van der Waals surface area contributed by atoms with Crippen LogP contribution in [-0.4, -0.2) is 35.3 Å². The number of ether oxygens (including phenoxy) is 1. The van der Waals surface area contributed by atoms with Crippen LogP contribution in [0.1, 0.15) is 13.8 Å². The lowest BCUT2D eigenvalue weighted by molar-refractivity contribution is -0.00572. The Morgan fingerprint density at radius 1 is 1.40 bits per heavy atom. The van der Waals surface area contributed by atoms with Crippen LogP contribution in [-0.2, 0) is 4.74 Å². The van der Waals surface area contributed by atoms with Gasteiger partial charge in [-0.05, 0) is 19.9 Å². The molecule has 1 aliphatic rings. The molecule has 1 saturated heterocycles. The van der Waals surface area contributed by atoms with Crippen molar-refractivity contribution >= 4 is 17.5 Å². The first-order valence-electron chi connectivity index (χ1n) is 5.04. The Balaban J connectivity index is 2.16. The average Bonchev–Trinajstić information content (AvgIpc) is 2.16. The zero-order valence-corrected chi connectivity index (χ0v) is 9.61. The van der Waals surface area contributed by atoms with Crippen LogP contribution < -0.4 is 4.90 Å². The highest BCUT2D eigenvalue weighted by molar-refractivity contribution is 6.29. The minimum Gasteiger partial charge on any atom is -0.372 e. The van der Waals surface area contributed by atoms with Crippen molar-refractivity contribution in [1.29, 1.82) is 0 Å². The number of morpholine rings is 1. The summed E-state index contributed by atoms with van der Waals surface area (Å²) in [6.45, 7) is 5.72. The zero-order chi connectivity index (χ0) is 10.8. The molecule has 0 saturated carbocycles. The van der Waals surface area contributed by atoms with E-state index in [2.05, 4.69) is 14.9 Å². The van der Waals surface area contributed by atoms with Crippen LogP contribution in [0.15, 0.2) is 12.3 Å². The number of hydrogen-bond donors (Lipinski definition) is 0. The van der Waals surface area contributed by atoms with E-state index in [1.165, 1.54) is 0 Å². The van der Waals surface area contributed by atoms with Gasteiger partial charge in [0.25, 0.3) is 0 Å². The smallest absolute Gasteiger partial charge is 0.226 e. The van der Waals surface area contributed by atoms with E-state index < -0.39 is 0 Å². The predicted octanol–water partition coefficient (Wildman–Crippen LogP) is 1.74. The third-order valence-electron chi connectivity index (χ3n) is 2.31. The van der Waals surface area contributed by atoms with E-state index in [0.717, 1.165) is 13.1 Å². The van der Waals surface area contributed by atoms with Gasteiger partial charge in [-0.3, -0.25) is 0 Å². The fourth-order valence-corrected chi connectivity index (χ4v) is 1.95. The highest BCUT2D eigenvalue weighted by Gasteiger charge is 2.23. The summed E-state index contributed by atoms with van der Waals surface area (Å²) in [4.78, 5) is 10.5. The quantitative estimate of drug-likeness (QED) is 0.685. The van der Waals surface area contributed by atoms with Gasteiger partial charge in [0.15, 0.2) is 0 Å². The molecule has 5 heteroatoms. The number of hydrogen-bond acceptors (Lipinski definition) is 4. The van der Waals surface area contributed by atoms with E-state index in [0.29, 0.717) is 11.1 Å². The third-order valence-corrected chi connectivity index (χ3v) is 2.52. The van der Waals surface area contributed by atoms with Crippen LogP contribution in [0, 0.1) is 0 Å². The molecule has 0 aromatic carbocycles. The molecular formula is C10H14ClN3O. The number of nitrogens with zero attached hydrogens (tertiary/aromatic N) is 3. The van der Waals surface area contributed by atoms with Crippen LogP contribution in [0.25, 0.3) is 0 Å². The number of halogens is 1. The normalized spacial score (nSPS) is 26.7. The summed E-state index contributed by atoms with van der Waals surface area (Å²) in [6.07, 6.45) is 2.09. The molecule has 0 bridgehead atoms.